The molecule has 0 saturated carbocycles. The molecule has 23 heavy (non-hydrogen) atoms. The van der Waals surface area contributed by atoms with E-state index in [0.717, 1.165) is 31.6 Å². The third kappa shape index (κ3) is 3.46. The second kappa shape index (κ2) is 6.31. The lowest BCUT2D eigenvalue weighted by molar-refractivity contribution is 0.601. The first-order valence-electron chi connectivity index (χ1n) is 7.46. The van der Waals surface area contributed by atoms with Crippen molar-refractivity contribution in [2.24, 2.45) is 0 Å². The third-order valence-electron chi connectivity index (χ3n) is 3.84. The van der Waals surface area contributed by atoms with Crippen LogP contribution in [0.4, 0.5) is 11.4 Å². The predicted octanol–water partition coefficient (Wildman–Crippen LogP) is 2.96. The SMILES string of the molecule is N#Cc1cccc(S(=O)(=O)Nc2cccc(N3CCCC3)c2)c1. The van der Waals surface area contributed by atoms with Crippen molar-refractivity contribution in [1.82, 2.24) is 0 Å². The van der Waals surface area contributed by atoms with Gasteiger partial charge in [-0.05, 0) is 49.2 Å². The average molecular weight is 327 g/mol. The van der Waals surface area contributed by atoms with E-state index in [1.165, 1.54) is 12.1 Å². The molecule has 118 valence electrons. The Hall–Kier alpha value is -2.52. The largest absolute Gasteiger partial charge is 0.371 e. The molecule has 0 radical (unpaired) electrons. The van der Waals surface area contributed by atoms with Crippen LogP contribution >= 0.6 is 0 Å². The van der Waals surface area contributed by atoms with Crippen molar-refractivity contribution >= 4 is 21.4 Å². The lowest BCUT2D eigenvalue weighted by Gasteiger charge is -2.18. The molecule has 6 heteroatoms. The average Bonchev–Trinajstić information content (AvgIpc) is 3.09. The first-order valence-corrected chi connectivity index (χ1v) is 8.95. The van der Waals surface area contributed by atoms with Gasteiger partial charge in [0.25, 0.3) is 10.0 Å². The van der Waals surface area contributed by atoms with Crippen LogP contribution in [0.5, 0.6) is 0 Å². The van der Waals surface area contributed by atoms with E-state index in [4.69, 9.17) is 5.26 Å². The normalized spacial score (nSPS) is 14.5. The van der Waals surface area contributed by atoms with Crippen LogP contribution in [-0.2, 0) is 10.0 Å². The highest BCUT2D eigenvalue weighted by Crippen LogP contribution is 2.25. The van der Waals surface area contributed by atoms with Gasteiger partial charge in [-0.1, -0.05) is 12.1 Å². The van der Waals surface area contributed by atoms with Gasteiger partial charge in [-0.25, -0.2) is 8.42 Å². The fraction of sp³-hybridized carbons (Fsp3) is 0.235. The van der Waals surface area contributed by atoms with Crippen molar-refractivity contribution in [3.63, 3.8) is 0 Å². The smallest absolute Gasteiger partial charge is 0.261 e. The van der Waals surface area contributed by atoms with E-state index in [2.05, 4.69) is 9.62 Å². The van der Waals surface area contributed by atoms with Crippen LogP contribution < -0.4 is 9.62 Å². The van der Waals surface area contributed by atoms with Gasteiger partial charge in [0.1, 0.15) is 0 Å². The fourth-order valence-electron chi connectivity index (χ4n) is 2.69. The first kappa shape index (κ1) is 15.4. The molecule has 1 saturated heterocycles. The van der Waals surface area contributed by atoms with Crippen molar-refractivity contribution in [2.75, 3.05) is 22.7 Å². The molecule has 2 aromatic rings. The van der Waals surface area contributed by atoms with Crippen LogP contribution in [0.3, 0.4) is 0 Å². The van der Waals surface area contributed by atoms with Gasteiger partial charge in [0.15, 0.2) is 0 Å². The number of sulfonamides is 1. The van der Waals surface area contributed by atoms with Gasteiger partial charge in [0.2, 0.25) is 0 Å². The highest BCUT2D eigenvalue weighted by atomic mass is 32.2. The van der Waals surface area contributed by atoms with Crippen LogP contribution in [0.25, 0.3) is 0 Å². The van der Waals surface area contributed by atoms with E-state index in [0.29, 0.717) is 11.3 Å². The number of hydrogen-bond acceptors (Lipinski definition) is 4. The monoisotopic (exact) mass is 327 g/mol. The second-order valence-electron chi connectivity index (χ2n) is 5.49. The highest BCUT2D eigenvalue weighted by Gasteiger charge is 2.16. The molecule has 0 aromatic heterocycles. The van der Waals surface area contributed by atoms with E-state index < -0.39 is 10.0 Å². The van der Waals surface area contributed by atoms with Gasteiger partial charge < -0.3 is 4.90 Å². The van der Waals surface area contributed by atoms with Crippen molar-refractivity contribution < 1.29 is 8.42 Å². The van der Waals surface area contributed by atoms with Crippen LogP contribution in [0, 0.1) is 11.3 Å². The molecule has 0 bridgehead atoms. The number of rotatable bonds is 4. The summed E-state index contributed by atoms with van der Waals surface area (Å²) in [7, 11) is -3.71. The topological polar surface area (TPSA) is 73.2 Å². The van der Waals surface area contributed by atoms with E-state index >= 15 is 0 Å². The lowest BCUT2D eigenvalue weighted by Crippen LogP contribution is -2.18. The van der Waals surface area contributed by atoms with Gasteiger partial charge in [0, 0.05) is 18.8 Å². The van der Waals surface area contributed by atoms with Crippen LogP contribution in [0.1, 0.15) is 18.4 Å². The zero-order chi connectivity index (χ0) is 16.3. The molecule has 2 aromatic carbocycles. The number of nitrogens with one attached hydrogen (secondary N) is 1. The minimum absolute atomic E-state index is 0.0862. The molecule has 5 nitrogen and oxygen atoms in total. The van der Waals surface area contributed by atoms with E-state index in [-0.39, 0.29) is 4.90 Å². The minimum atomic E-state index is -3.71. The maximum absolute atomic E-state index is 12.5. The van der Waals surface area contributed by atoms with Crippen molar-refractivity contribution in [1.29, 1.82) is 5.26 Å². The first-order chi connectivity index (χ1) is 11.1. The summed E-state index contributed by atoms with van der Waals surface area (Å²) in [6.45, 7) is 2.00. The molecule has 0 spiro atoms. The lowest BCUT2D eigenvalue weighted by atomic mass is 10.2. The molecule has 3 rings (SSSR count). The molecule has 1 heterocycles. The van der Waals surface area contributed by atoms with Crippen LogP contribution in [0.15, 0.2) is 53.4 Å². The van der Waals surface area contributed by atoms with Crippen molar-refractivity contribution in [3.05, 3.63) is 54.1 Å². The standard InChI is InChI=1S/C17H17N3O2S/c18-13-14-5-3-8-17(11-14)23(21,22)19-15-6-4-7-16(12-15)20-9-1-2-10-20/h3-8,11-12,19H,1-2,9-10H2. The number of benzene rings is 2. The Morgan fingerprint density at radius 3 is 2.52 bits per heavy atom. The van der Waals surface area contributed by atoms with Crippen LogP contribution in [0.2, 0.25) is 0 Å². The van der Waals surface area contributed by atoms with Gasteiger partial charge in [-0.2, -0.15) is 5.26 Å². The molecule has 0 atom stereocenters. The fourth-order valence-corrected chi connectivity index (χ4v) is 3.78. The minimum Gasteiger partial charge on any atom is -0.371 e. The molecule has 0 aliphatic carbocycles. The summed E-state index contributed by atoms with van der Waals surface area (Å²) in [5.74, 6) is 0. The Morgan fingerprint density at radius 2 is 1.78 bits per heavy atom. The van der Waals surface area contributed by atoms with Crippen molar-refractivity contribution in [2.45, 2.75) is 17.7 Å². The summed E-state index contributed by atoms with van der Waals surface area (Å²) in [6, 6.07) is 15.3. The summed E-state index contributed by atoms with van der Waals surface area (Å²) in [4.78, 5) is 2.33. The van der Waals surface area contributed by atoms with Crippen LogP contribution in [-0.4, -0.2) is 21.5 Å². The predicted molar refractivity (Wildman–Crippen MR) is 89.9 cm³/mol. The Morgan fingerprint density at radius 1 is 1.04 bits per heavy atom. The second-order valence-corrected chi connectivity index (χ2v) is 7.17. The molecule has 1 aliphatic rings. The summed E-state index contributed by atoms with van der Waals surface area (Å²) in [5, 5.41) is 8.90. The van der Waals surface area contributed by atoms with Gasteiger partial charge in [-0.3, -0.25) is 4.72 Å². The number of nitriles is 1. The maximum Gasteiger partial charge on any atom is 0.261 e. The summed E-state index contributed by atoms with van der Waals surface area (Å²) >= 11 is 0. The molecular weight excluding hydrogens is 310 g/mol. The molecular formula is C17H17N3O2S. The Balaban J connectivity index is 1.85. The molecule has 1 aliphatic heterocycles. The number of nitrogens with zero attached hydrogens (tertiary/aromatic N) is 2. The van der Waals surface area contributed by atoms with Gasteiger partial charge in [-0.15, -0.1) is 0 Å². The summed E-state index contributed by atoms with van der Waals surface area (Å²) in [5.41, 5.74) is 1.86. The summed E-state index contributed by atoms with van der Waals surface area (Å²) < 4.78 is 27.5. The van der Waals surface area contributed by atoms with Gasteiger partial charge >= 0.3 is 0 Å². The third-order valence-corrected chi connectivity index (χ3v) is 5.22. The molecule has 0 amide bonds. The number of anilines is 2. The van der Waals surface area contributed by atoms with Gasteiger partial charge in [0.05, 0.1) is 22.2 Å². The Kier molecular flexibility index (Phi) is 4.22. The van der Waals surface area contributed by atoms with E-state index in [1.54, 1.807) is 18.2 Å². The quantitative estimate of drug-likeness (QED) is 0.937. The Bertz CT molecular complexity index is 850. The van der Waals surface area contributed by atoms with Crippen molar-refractivity contribution in [3.8, 4) is 6.07 Å². The van der Waals surface area contributed by atoms with E-state index in [9.17, 15) is 8.42 Å². The Labute approximate surface area is 136 Å². The summed E-state index contributed by atoms with van der Waals surface area (Å²) in [6.07, 6.45) is 2.33. The maximum atomic E-state index is 12.5. The zero-order valence-corrected chi connectivity index (χ0v) is 13.4. The molecule has 1 N–H and O–H groups in total. The van der Waals surface area contributed by atoms with E-state index in [1.807, 2.05) is 24.3 Å². The molecule has 0 unspecified atom stereocenters. The zero-order valence-electron chi connectivity index (χ0n) is 12.6. The molecule has 1 fully saturated rings. The highest BCUT2D eigenvalue weighted by molar-refractivity contribution is 7.92. The number of hydrogen-bond donors (Lipinski definition) is 1.